The number of hydrogen-bond donors (Lipinski definition) is 0. The maximum atomic E-state index is 12.1. The van der Waals surface area contributed by atoms with Gasteiger partial charge in [-0.2, -0.15) is 36.9 Å². The van der Waals surface area contributed by atoms with E-state index in [-0.39, 0.29) is 38.5 Å². The first-order valence-electron chi connectivity index (χ1n) is 6.00. The fourth-order valence-corrected chi connectivity index (χ4v) is 1.94. The average Bonchev–Trinajstić information content (AvgIpc) is 2.43. The van der Waals surface area contributed by atoms with Gasteiger partial charge < -0.3 is 9.64 Å². The zero-order valence-corrected chi connectivity index (χ0v) is 15.3. The van der Waals surface area contributed by atoms with Crippen LogP contribution < -0.4 is 4.74 Å². The van der Waals surface area contributed by atoms with Gasteiger partial charge in [-0.25, -0.2) is 0 Å². The summed E-state index contributed by atoms with van der Waals surface area (Å²) in [5, 5.41) is 0.492. The third-order valence-electron chi connectivity index (χ3n) is 2.88. The van der Waals surface area contributed by atoms with Crippen LogP contribution in [0.25, 0.3) is 5.70 Å². The van der Waals surface area contributed by atoms with Gasteiger partial charge in [-0.1, -0.05) is 17.8 Å². The molecule has 1 aliphatic rings. The molecule has 0 amide bonds. The fraction of sp³-hybridized carbons (Fsp3) is 0.200. The van der Waals surface area contributed by atoms with Crippen molar-refractivity contribution in [2.75, 3.05) is 13.7 Å². The quantitative estimate of drug-likeness (QED) is 0.696. The number of benzene rings is 1. The summed E-state index contributed by atoms with van der Waals surface area (Å²) in [6, 6.07) is 6.27. The van der Waals surface area contributed by atoms with Crippen molar-refractivity contribution in [2.45, 2.75) is 6.18 Å². The summed E-state index contributed by atoms with van der Waals surface area (Å²) in [6.45, 7) is 2.53. The van der Waals surface area contributed by atoms with Gasteiger partial charge in [0, 0.05) is 39.8 Å². The normalized spacial score (nSPS) is 15.0. The van der Waals surface area contributed by atoms with Gasteiger partial charge in [-0.15, -0.1) is 12.1 Å². The fourth-order valence-electron chi connectivity index (χ4n) is 1.76. The molecular weight excluding hydrogens is 392 g/mol. The van der Waals surface area contributed by atoms with Gasteiger partial charge in [0.25, 0.3) is 0 Å². The van der Waals surface area contributed by atoms with Crippen molar-refractivity contribution in [3.63, 3.8) is 0 Å². The molecule has 1 heterocycles. The zero-order chi connectivity index (χ0) is 15.6. The number of alkyl halides is 3. The number of ether oxygens (including phenoxy) is 1. The Bertz CT molecular complexity index is 608. The first-order chi connectivity index (χ1) is 9.78. The molecule has 0 bridgehead atoms. The van der Waals surface area contributed by atoms with E-state index in [1.807, 2.05) is 0 Å². The van der Waals surface area contributed by atoms with Crippen molar-refractivity contribution in [2.24, 2.45) is 0 Å². The predicted octanol–water partition coefficient (Wildman–Crippen LogP) is 4.35. The zero-order valence-electron chi connectivity index (χ0n) is 11.7. The number of allylic oxidation sites excluding steroid dienone is 3. The molecule has 0 saturated heterocycles. The number of halogens is 4. The Labute approximate surface area is 157 Å². The SMILES string of the molecule is C=C1C(Cl)=C[C-]=C(c2ccc(OCC(F)(F)F)cc2)N1C.[Y]. The van der Waals surface area contributed by atoms with Crippen LogP contribution in [0.4, 0.5) is 13.2 Å². The monoisotopic (exact) mass is 403 g/mol. The third kappa shape index (κ3) is 4.87. The van der Waals surface area contributed by atoms with E-state index in [1.54, 1.807) is 30.2 Å². The minimum absolute atomic E-state index is 0. The van der Waals surface area contributed by atoms with Crippen LogP contribution >= 0.6 is 11.6 Å². The summed E-state index contributed by atoms with van der Waals surface area (Å²) < 4.78 is 40.9. The Kier molecular flexibility index (Phi) is 6.72. The number of hydrogen-bond acceptors (Lipinski definition) is 2. The second kappa shape index (κ2) is 7.67. The Balaban J connectivity index is 0.00000242. The van der Waals surface area contributed by atoms with Crippen LogP contribution in [0.5, 0.6) is 5.75 Å². The molecule has 22 heavy (non-hydrogen) atoms. The molecule has 0 fully saturated rings. The van der Waals surface area contributed by atoms with E-state index in [9.17, 15) is 13.2 Å². The second-order valence-electron chi connectivity index (χ2n) is 4.42. The van der Waals surface area contributed by atoms with Crippen LogP contribution in [-0.4, -0.2) is 24.7 Å². The van der Waals surface area contributed by atoms with Crippen LogP contribution in [0.3, 0.4) is 0 Å². The summed E-state index contributed by atoms with van der Waals surface area (Å²) in [6.07, 6.45) is 0.263. The maximum Gasteiger partial charge on any atom is 0.422 e. The van der Waals surface area contributed by atoms with Gasteiger partial charge in [-0.05, 0) is 22.9 Å². The molecule has 7 heteroatoms. The molecule has 1 radical (unpaired) electrons. The molecule has 115 valence electrons. The molecule has 0 unspecified atom stereocenters. The van der Waals surface area contributed by atoms with Gasteiger partial charge in [0.05, 0.1) is 0 Å². The van der Waals surface area contributed by atoms with Crippen LogP contribution in [0, 0.1) is 6.08 Å². The Morgan fingerprint density at radius 3 is 2.41 bits per heavy atom. The maximum absolute atomic E-state index is 12.1. The molecule has 0 N–H and O–H groups in total. The van der Waals surface area contributed by atoms with E-state index in [0.717, 1.165) is 11.3 Å². The molecule has 2 nitrogen and oxygen atoms in total. The van der Waals surface area contributed by atoms with Crippen LogP contribution in [0.1, 0.15) is 5.56 Å². The van der Waals surface area contributed by atoms with E-state index in [1.165, 1.54) is 12.1 Å². The minimum Gasteiger partial charge on any atom is -0.484 e. The van der Waals surface area contributed by atoms with Crippen molar-refractivity contribution < 1.29 is 50.6 Å². The Hall–Kier alpha value is -0.776. The summed E-state index contributed by atoms with van der Waals surface area (Å²) >= 11 is 5.94. The molecule has 1 aliphatic heterocycles. The molecular formula is C15H12ClF3NOY-. The van der Waals surface area contributed by atoms with Crippen molar-refractivity contribution in [3.05, 3.63) is 59.3 Å². The second-order valence-corrected chi connectivity index (χ2v) is 4.83. The van der Waals surface area contributed by atoms with Gasteiger partial charge in [0.1, 0.15) is 5.75 Å². The van der Waals surface area contributed by atoms with E-state index in [2.05, 4.69) is 17.4 Å². The predicted molar refractivity (Wildman–Crippen MR) is 75.5 cm³/mol. The largest absolute Gasteiger partial charge is 0.484 e. The van der Waals surface area contributed by atoms with Crippen molar-refractivity contribution in [3.8, 4) is 5.75 Å². The first kappa shape index (κ1) is 19.3. The van der Waals surface area contributed by atoms with E-state index in [0.29, 0.717) is 10.7 Å². The van der Waals surface area contributed by atoms with Crippen molar-refractivity contribution in [1.82, 2.24) is 4.90 Å². The molecule has 0 atom stereocenters. The molecule has 0 saturated carbocycles. The van der Waals surface area contributed by atoms with Gasteiger partial charge in [0.15, 0.2) is 6.61 Å². The van der Waals surface area contributed by atoms with Gasteiger partial charge >= 0.3 is 6.18 Å². The van der Waals surface area contributed by atoms with Gasteiger partial charge in [0.2, 0.25) is 0 Å². The van der Waals surface area contributed by atoms with E-state index >= 15 is 0 Å². The Morgan fingerprint density at radius 1 is 1.27 bits per heavy atom. The molecule has 0 aliphatic carbocycles. The average molecular weight is 404 g/mol. The topological polar surface area (TPSA) is 12.5 Å². The van der Waals surface area contributed by atoms with Crippen molar-refractivity contribution >= 4 is 17.3 Å². The minimum atomic E-state index is -4.35. The smallest absolute Gasteiger partial charge is 0.422 e. The van der Waals surface area contributed by atoms with Gasteiger partial charge in [-0.3, -0.25) is 0 Å². The van der Waals surface area contributed by atoms with Crippen LogP contribution in [0.15, 0.2) is 47.6 Å². The molecule has 0 spiro atoms. The molecule has 1 aromatic rings. The molecule has 2 rings (SSSR count). The van der Waals surface area contributed by atoms with Crippen LogP contribution in [-0.2, 0) is 32.7 Å². The molecule has 1 aromatic carbocycles. The number of likely N-dealkylation sites (N-methyl/N-ethyl adjacent to an activating group) is 1. The number of nitrogens with zero attached hydrogens (tertiary/aromatic N) is 1. The van der Waals surface area contributed by atoms with E-state index in [4.69, 9.17) is 11.6 Å². The summed E-state index contributed by atoms with van der Waals surface area (Å²) in [4.78, 5) is 1.76. The van der Waals surface area contributed by atoms with E-state index < -0.39 is 12.8 Å². The third-order valence-corrected chi connectivity index (χ3v) is 3.21. The Morgan fingerprint density at radius 2 is 1.86 bits per heavy atom. The van der Waals surface area contributed by atoms with Crippen LogP contribution in [0.2, 0.25) is 0 Å². The summed E-state index contributed by atoms with van der Waals surface area (Å²) in [7, 11) is 1.79. The standard InChI is InChI=1S/C15H12ClF3NO.Y/c1-10-13(16)7-8-14(20(10)2)11-3-5-12(6-4-11)21-9-15(17,18)19;/h3-7H,1,9H2,2H3;/q-1;. The summed E-state index contributed by atoms with van der Waals surface area (Å²) in [5.41, 5.74) is 2.13. The molecule has 0 aromatic heterocycles. The summed E-state index contributed by atoms with van der Waals surface area (Å²) in [5.74, 6) is 0.155. The number of rotatable bonds is 3. The first-order valence-corrected chi connectivity index (χ1v) is 6.38. The van der Waals surface area contributed by atoms with Crippen molar-refractivity contribution in [1.29, 1.82) is 0 Å².